The molecule has 0 fully saturated rings. The van der Waals surface area contributed by atoms with E-state index in [-0.39, 0.29) is 32.6 Å². The van der Waals surface area contributed by atoms with Crippen LogP contribution in [0, 0.1) is 24.3 Å². The number of hydrogen-bond donors (Lipinski definition) is 1. The summed E-state index contributed by atoms with van der Waals surface area (Å²) >= 11 is 0. The van der Waals surface area contributed by atoms with Crippen molar-refractivity contribution in [3.8, 4) is 5.69 Å². The molecule has 0 amide bonds. The Morgan fingerprint density at radius 3 is 2.27 bits per heavy atom. The Labute approximate surface area is 169 Å². The highest BCUT2D eigenvalue weighted by Crippen LogP contribution is 2.13. The van der Waals surface area contributed by atoms with Gasteiger partial charge in [-0.2, -0.15) is 5.10 Å². The summed E-state index contributed by atoms with van der Waals surface area (Å²) in [7, 11) is 1.75. The van der Waals surface area contributed by atoms with Gasteiger partial charge >= 0.3 is 0 Å². The standard InChI is InChI=1S/C22H18N4O4/c1-12-11-17(28)19-16(27)10-9-15(18(19)21(12)29)23-24-20-13(2)25(3)26(22(20)30)14-7-5-4-6-8-14/h4-11,24H,1-3H3/b23-15-. The molecule has 0 unspecified atom stereocenters. The number of nitrogens with zero attached hydrogens (tertiary/aromatic N) is 3. The fraction of sp³-hybridized carbons (Fsp3) is 0.136. The third kappa shape index (κ3) is 2.89. The van der Waals surface area contributed by atoms with Gasteiger partial charge in [-0.1, -0.05) is 18.2 Å². The zero-order chi connectivity index (χ0) is 21.6. The molecule has 4 rings (SSSR count). The van der Waals surface area contributed by atoms with Gasteiger partial charge in [0.1, 0.15) is 5.69 Å². The summed E-state index contributed by atoms with van der Waals surface area (Å²) in [4.78, 5) is 50.0. The third-order valence-electron chi connectivity index (χ3n) is 5.17. The number of para-hydroxylation sites is 1. The zero-order valence-electron chi connectivity index (χ0n) is 16.6. The monoisotopic (exact) mass is 402 g/mol. The van der Waals surface area contributed by atoms with Gasteiger partial charge in [-0.15, -0.1) is 0 Å². The van der Waals surface area contributed by atoms with Crippen molar-refractivity contribution in [1.82, 2.24) is 9.36 Å². The highest BCUT2D eigenvalue weighted by Gasteiger charge is 2.15. The maximum atomic E-state index is 13.0. The predicted octanol–water partition coefficient (Wildman–Crippen LogP) is 0.402. The number of rotatable bonds is 3. The lowest BCUT2D eigenvalue weighted by atomic mass is 10.1. The van der Waals surface area contributed by atoms with Crippen molar-refractivity contribution >= 4 is 5.69 Å². The fourth-order valence-corrected chi connectivity index (χ4v) is 3.48. The van der Waals surface area contributed by atoms with Crippen LogP contribution >= 0.6 is 0 Å². The van der Waals surface area contributed by atoms with Crippen molar-refractivity contribution in [2.75, 3.05) is 5.43 Å². The molecule has 150 valence electrons. The Kier molecular flexibility index (Phi) is 4.54. The van der Waals surface area contributed by atoms with E-state index < -0.39 is 16.3 Å². The minimum absolute atomic E-state index is 0.0445. The summed E-state index contributed by atoms with van der Waals surface area (Å²) in [5, 5.41) is 4.09. The SMILES string of the molecule is Cc1cc(=O)c2c(=O)cc/c(=N/Nc3c(C)n(C)n(-c4ccccc4)c3=O)c=2c1=O. The molecular weight excluding hydrogens is 384 g/mol. The number of hydrogen-bond acceptors (Lipinski definition) is 6. The average molecular weight is 402 g/mol. The van der Waals surface area contributed by atoms with Crippen LogP contribution in [-0.2, 0) is 7.05 Å². The van der Waals surface area contributed by atoms with E-state index in [1.54, 1.807) is 18.7 Å². The summed E-state index contributed by atoms with van der Waals surface area (Å²) < 4.78 is 3.18. The van der Waals surface area contributed by atoms with Gasteiger partial charge in [-0.3, -0.25) is 29.3 Å². The minimum Gasteiger partial charge on any atom is -0.289 e. The van der Waals surface area contributed by atoms with Crippen LogP contribution in [0.25, 0.3) is 5.69 Å². The van der Waals surface area contributed by atoms with E-state index in [2.05, 4.69) is 10.5 Å². The maximum Gasteiger partial charge on any atom is 0.296 e. The summed E-state index contributed by atoms with van der Waals surface area (Å²) in [6.07, 6.45) is 0. The highest BCUT2D eigenvalue weighted by molar-refractivity contribution is 5.48. The second-order valence-electron chi connectivity index (χ2n) is 7.01. The van der Waals surface area contributed by atoms with Crippen molar-refractivity contribution in [2.45, 2.75) is 13.8 Å². The molecule has 0 saturated carbocycles. The maximum absolute atomic E-state index is 13.0. The number of anilines is 1. The second-order valence-corrected chi connectivity index (χ2v) is 7.01. The minimum atomic E-state index is -0.534. The van der Waals surface area contributed by atoms with E-state index in [0.29, 0.717) is 11.4 Å². The molecule has 0 bridgehead atoms. The first-order valence-electron chi connectivity index (χ1n) is 9.23. The molecule has 30 heavy (non-hydrogen) atoms. The molecule has 0 aliphatic heterocycles. The molecule has 0 saturated heterocycles. The number of nitrogens with one attached hydrogen (secondary N) is 1. The Morgan fingerprint density at radius 2 is 1.57 bits per heavy atom. The van der Waals surface area contributed by atoms with E-state index in [4.69, 9.17) is 0 Å². The van der Waals surface area contributed by atoms with Crippen LogP contribution in [0.4, 0.5) is 5.69 Å². The van der Waals surface area contributed by atoms with Crippen molar-refractivity contribution in [2.24, 2.45) is 12.1 Å². The summed E-state index contributed by atoms with van der Waals surface area (Å²) in [6.45, 7) is 3.27. The molecule has 1 heterocycles. The molecule has 1 N–H and O–H groups in total. The average Bonchev–Trinajstić information content (AvgIpc) is 2.94. The first-order valence-corrected chi connectivity index (χ1v) is 9.23. The Balaban J connectivity index is 1.96. The highest BCUT2D eigenvalue weighted by atomic mass is 16.1. The van der Waals surface area contributed by atoms with Crippen LogP contribution < -0.4 is 32.6 Å². The summed E-state index contributed by atoms with van der Waals surface area (Å²) in [5.41, 5.74) is 2.70. The van der Waals surface area contributed by atoms with Crippen molar-refractivity contribution < 1.29 is 0 Å². The summed E-state index contributed by atoms with van der Waals surface area (Å²) in [6, 6.07) is 12.9. The zero-order valence-corrected chi connectivity index (χ0v) is 16.6. The first kappa shape index (κ1) is 19.3. The topological polar surface area (TPSA) is 103 Å². The Morgan fingerprint density at radius 1 is 0.867 bits per heavy atom. The largest absolute Gasteiger partial charge is 0.296 e. The van der Waals surface area contributed by atoms with E-state index in [1.807, 2.05) is 30.3 Å². The Hall–Kier alpha value is -4.07. The normalized spacial score (nSPS) is 11.9. The van der Waals surface area contributed by atoms with E-state index in [0.717, 1.165) is 6.07 Å². The third-order valence-corrected chi connectivity index (χ3v) is 5.17. The molecule has 1 aromatic carbocycles. The van der Waals surface area contributed by atoms with E-state index in [1.165, 1.54) is 23.7 Å². The molecule has 0 radical (unpaired) electrons. The second kappa shape index (κ2) is 7.07. The van der Waals surface area contributed by atoms with E-state index >= 15 is 0 Å². The van der Waals surface area contributed by atoms with Gasteiger partial charge in [0.05, 0.1) is 27.2 Å². The van der Waals surface area contributed by atoms with Crippen LogP contribution in [0.15, 0.2) is 72.8 Å². The van der Waals surface area contributed by atoms with Crippen LogP contribution in [0.1, 0.15) is 11.3 Å². The van der Waals surface area contributed by atoms with Gasteiger partial charge in [0, 0.05) is 12.6 Å². The van der Waals surface area contributed by atoms with Crippen LogP contribution in [0.5, 0.6) is 0 Å². The summed E-state index contributed by atoms with van der Waals surface area (Å²) in [5.74, 6) is 0. The van der Waals surface area contributed by atoms with Gasteiger partial charge < -0.3 is 0 Å². The lowest BCUT2D eigenvalue weighted by molar-refractivity contribution is 0.630. The van der Waals surface area contributed by atoms with Gasteiger partial charge in [-0.05, 0) is 44.2 Å². The molecule has 1 aromatic heterocycles. The smallest absolute Gasteiger partial charge is 0.289 e. The lowest BCUT2D eigenvalue weighted by Gasteiger charge is -2.07. The molecule has 2 aromatic rings. The lowest BCUT2D eigenvalue weighted by Crippen LogP contribution is -2.29. The first-order chi connectivity index (χ1) is 14.3. The van der Waals surface area contributed by atoms with Crippen molar-refractivity contribution in [3.63, 3.8) is 0 Å². The number of benzene rings is 1. The molecule has 8 nitrogen and oxygen atoms in total. The predicted molar refractivity (Wildman–Crippen MR) is 113 cm³/mol. The van der Waals surface area contributed by atoms with E-state index in [9.17, 15) is 19.2 Å². The fourth-order valence-electron chi connectivity index (χ4n) is 3.48. The number of aromatic nitrogens is 2. The molecule has 2 aliphatic rings. The molecular formula is C22H18N4O4. The van der Waals surface area contributed by atoms with Crippen LogP contribution in [0.2, 0.25) is 0 Å². The van der Waals surface area contributed by atoms with Crippen LogP contribution in [-0.4, -0.2) is 9.36 Å². The van der Waals surface area contributed by atoms with Crippen molar-refractivity contribution in [3.05, 3.63) is 117 Å². The molecule has 0 atom stereocenters. The van der Waals surface area contributed by atoms with Gasteiger partial charge in [0.25, 0.3) is 5.56 Å². The number of aryl methyl sites for hydroxylation is 1. The quantitative estimate of drug-likeness (QED) is 0.500. The van der Waals surface area contributed by atoms with Crippen LogP contribution in [0.3, 0.4) is 0 Å². The van der Waals surface area contributed by atoms with Gasteiger partial charge in [0.15, 0.2) is 16.3 Å². The van der Waals surface area contributed by atoms with Gasteiger partial charge in [-0.25, -0.2) is 4.68 Å². The molecule has 8 heteroatoms. The molecule has 0 spiro atoms. The Bertz CT molecular complexity index is 1620. The molecule has 2 aliphatic carbocycles. The van der Waals surface area contributed by atoms with Crippen molar-refractivity contribution in [1.29, 1.82) is 0 Å². The van der Waals surface area contributed by atoms with Gasteiger partial charge in [0.2, 0.25) is 0 Å².